The van der Waals surface area contributed by atoms with E-state index in [-0.39, 0.29) is 24.0 Å². The van der Waals surface area contributed by atoms with E-state index in [9.17, 15) is 4.79 Å². The van der Waals surface area contributed by atoms with Gasteiger partial charge in [-0.25, -0.2) is 4.98 Å². The zero-order valence-corrected chi connectivity index (χ0v) is 17.3. The molecule has 1 N–H and O–H groups in total. The van der Waals surface area contributed by atoms with E-state index in [1.165, 1.54) is 4.80 Å². The lowest BCUT2D eigenvalue weighted by atomic mass is 9.93. The number of hydrogen-bond donors (Lipinski definition) is 1. The van der Waals surface area contributed by atoms with E-state index < -0.39 is 0 Å². The number of likely N-dealkylation sites (tertiary alicyclic amines) is 1. The maximum atomic E-state index is 13.8. The Morgan fingerprint density at radius 2 is 1.93 bits per heavy atom. The summed E-state index contributed by atoms with van der Waals surface area (Å²) in [6, 6.07) is 12.3. The summed E-state index contributed by atoms with van der Waals surface area (Å²) < 4.78 is 0. The Kier molecular flexibility index (Phi) is 4.73. The van der Waals surface area contributed by atoms with E-state index in [2.05, 4.69) is 38.4 Å². The summed E-state index contributed by atoms with van der Waals surface area (Å²) in [5, 5.41) is 12.1. The third kappa shape index (κ3) is 3.14. The number of nitrogens with one attached hydrogen (secondary N) is 1. The summed E-state index contributed by atoms with van der Waals surface area (Å²) in [7, 11) is 0. The predicted octanol–water partition coefficient (Wildman–Crippen LogP) is 3.46. The Labute approximate surface area is 176 Å². The van der Waals surface area contributed by atoms with Crippen LogP contribution < -0.4 is 5.32 Å². The summed E-state index contributed by atoms with van der Waals surface area (Å²) in [4.78, 5) is 21.9. The Bertz CT molecular complexity index is 1030. The quantitative estimate of drug-likeness (QED) is 0.707. The van der Waals surface area contributed by atoms with Crippen molar-refractivity contribution in [3.8, 4) is 5.69 Å². The lowest BCUT2D eigenvalue weighted by Gasteiger charge is -2.40. The number of benzene rings is 1. The molecule has 2 aliphatic rings. The monoisotopic (exact) mass is 402 g/mol. The molecule has 0 radical (unpaired) electrons. The Morgan fingerprint density at radius 3 is 2.67 bits per heavy atom. The smallest absolute Gasteiger partial charge is 0.256 e. The Balaban J connectivity index is 1.44. The first kappa shape index (κ1) is 18.8. The maximum Gasteiger partial charge on any atom is 0.256 e. The van der Waals surface area contributed by atoms with Crippen LogP contribution in [0.2, 0.25) is 0 Å². The Hall–Kier alpha value is -3.22. The number of nitrogens with zero attached hydrogens (tertiary/aromatic N) is 5. The number of fused-ring (bicyclic) bond motifs is 2. The number of para-hydroxylation sites is 1. The summed E-state index contributed by atoms with van der Waals surface area (Å²) in [5.41, 5.74) is 2.50. The van der Waals surface area contributed by atoms with Crippen molar-refractivity contribution in [2.45, 2.75) is 51.2 Å². The molecule has 5 rings (SSSR count). The van der Waals surface area contributed by atoms with Gasteiger partial charge in [0.15, 0.2) is 0 Å². The lowest BCUT2D eigenvalue weighted by Crippen LogP contribution is -2.52. The van der Waals surface area contributed by atoms with Crippen LogP contribution in [0.15, 0.2) is 55.0 Å². The van der Waals surface area contributed by atoms with Crippen molar-refractivity contribution in [3.63, 3.8) is 0 Å². The van der Waals surface area contributed by atoms with Crippen LogP contribution in [0.1, 0.15) is 42.1 Å². The number of aryl methyl sites for hydroxylation is 1. The van der Waals surface area contributed by atoms with Gasteiger partial charge in [0.05, 0.1) is 29.7 Å². The highest BCUT2D eigenvalue weighted by Gasteiger charge is 2.52. The molecule has 3 aromatic rings. The van der Waals surface area contributed by atoms with E-state index in [4.69, 9.17) is 0 Å². The number of hydrogen-bond acceptors (Lipinski definition) is 5. The molecule has 4 atom stereocenters. The van der Waals surface area contributed by atoms with Crippen molar-refractivity contribution >= 4 is 11.7 Å². The second-order valence-electron chi connectivity index (χ2n) is 8.29. The molecule has 0 spiro atoms. The van der Waals surface area contributed by atoms with Gasteiger partial charge in [0.1, 0.15) is 5.82 Å². The molecule has 1 amide bonds. The van der Waals surface area contributed by atoms with E-state index in [0.717, 1.165) is 36.3 Å². The van der Waals surface area contributed by atoms with Crippen LogP contribution in [-0.4, -0.2) is 48.9 Å². The largest absolute Gasteiger partial charge is 0.365 e. The zero-order chi connectivity index (χ0) is 20.7. The first-order chi connectivity index (χ1) is 14.7. The summed E-state index contributed by atoms with van der Waals surface area (Å²) in [6.45, 7) is 4.21. The maximum absolute atomic E-state index is 13.8. The van der Waals surface area contributed by atoms with Crippen LogP contribution in [0.5, 0.6) is 0 Å². The third-order valence-electron chi connectivity index (χ3n) is 6.49. The van der Waals surface area contributed by atoms with Crippen LogP contribution in [0.3, 0.4) is 0 Å². The number of anilines is 1. The summed E-state index contributed by atoms with van der Waals surface area (Å²) in [6.07, 6.45) is 8.21. The number of pyridine rings is 1. The molecule has 7 nitrogen and oxygen atoms in total. The van der Waals surface area contributed by atoms with Crippen LogP contribution >= 0.6 is 0 Å². The van der Waals surface area contributed by atoms with Gasteiger partial charge in [-0.3, -0.25) is 4.79 Å². The summed E-state index contributed by atoms with van der Waals surface area (Å²) >= 11 is 0. The molecule has 4 unspecified atom stereocenters. The highest BCUT2D eigenvalue weighted by atomic mass is 16.2. The highest BCUT2D eigenvalue weighted by molar-refractivity contribution is 5.98. The molecule has 1 saturated carbocycles. The normalized spacial score (nSPS) is 24.9. The molecule has 2 bridgehead atoms. The minimum Gasteiger partial charge on any atom is -0.365 e. The van der Waals surface area contributed by atoms with Crippen LogP contribution in [-0.2, 0) is 0 Å². The van der Waals surface area contributed by atoms with Gasteiger partial charge in [-0.05, 0) is 55.9 Å². The standard InChI is InChI=1S/C23H26N6O/c1-3-19-16-12-18(27-22-9-8-15(2)14-24-22)21(13-16)28(19)23(30)17-6-4-5-7-20(17)29-25-10-11-26-29/h4-11,14,16,18-19,21H,3,12-13H2,1-2H3,(H,24,27). The number of carbonyl (C=O) groups excluding carboxylic acids is 1. The van der Waals surface area contributed by atoms with Crippen LogP contribution in [0, 0.1) is 12.8 Å². The number of piperidine rings is 1. The summed E-state index contributed by atoms with van der Waals surface area (Å²) in [5.74, 6) is 1.45. The molecular weight excluding hydrogens is 376 g/mol. The van der Waals surface area contributed by atoms with E-state index in [1.807, 2.05) is 43.5 Å². The fraction of sp³-hybridized carbons (Fsp3) is 0.391. The zero-order valence-electron chi connectivity index (χ0n) is 17.3. The molecule has 2 fully saturated rings. The van der Waals surface area contributed by atoms with Gasteiger partial charge < -0.3 is 10.2 Å². The SMILES string of the molecule is CCC1C2CC(Nc3ccc(C)cn3)C(C2)N1C(=O)c1ccccc1-n1nccn1. The highest BCUT2D eigenvalue weighted by Crippen LogP contribution is 2.45. The third-order valence-corrected chi connectivity index (χ3v) is 6.49. The number of aromatic nitrogens is 4. The van der Waals surface area contributed by atoms with Crippen molar-refractivity contribution in [1.82, 2.24) is 24.9 Å². The van der Waals surface area contributed by atoms with Crippen molar-refractivity contribution in [2.75, 3.05) is 5.32 Å². The van der Waals surface area contributed by atoms with Crippen LogP contribution in [0.25, 0.3) is 5.69 Å². The average molecular weight is 403 g/mol. The second kappa shape index (κ2) is 7.55. The average Bonchev–Trinajstić information content (AvgIpc) is 3.51. The fourth-order valence-electron chi connectivity index (χ4n) is 5.19. The van der Waals surface area contributed by atoms with Gasteiger partial charge in [-0.1, -0.05) is 25.1 Å². The van der Waals surface area contributed by atoms with Gasteiger partial charge in [-0.2, -0.15) is 15.0 Å². The van der Waals surface area contributed by atoms with Crippen LogP contribution in [0.4, 0.5) is 5.82 Å². The number of carbonyl (C=O) groups is 1. The van der Waals surface area contributed by atoms with Crippen molar-refractivity contribution in [3.05, 3.63) is 66.1 Å². The predicted molar refractivity (Wildman–Crippen MR) is 115 cm³/mol. The molecule has 1 aliphatic carbocycles. The van der Waals surface area contributed by atoms with Gasteiger partial charge in [-0.15, -0.1) is 0 Å². The lowest BCUT2D eigenvalue weighted by molar-refractivity contribution is 0.0568. The topological polar surface area (TPSA) is 75.9 Å². The minimum absolute atomic E-state index is 0.0608. The molecule has 30 heavy (non-hydrogen) atoms. The molecule has 1 aliphatic heterocycles. The first-order valence-corrected chi connectivity index (χ1v) is 10.6. The first-order valence-electron chi connectivity index (χ1n) is 10.6. The van der Waals surface area contributed by atoms with E-state index in [0.29, 0.717) is 11.5 Å². The number of rotatable bonds is 5. The van der Waals surface area contributed by atoms with Gasteiger partial charge in [0.25, 0.3) is 5.91 Å². The van der Waals surface area contributed by atoms with Gasteiger partial charge >= 0.3 is 0 Å². The fourth-order valence-corrected chi connectivity index (χ4v) is 5.19. The van der Waals surface area contributed by atoms with Crippen molar-refractivity contribution < 1.29 is 4.79 Å². The van der Waals surface area contributed by atoms with Crippen molar-refractivity contribution in [1.29, 1.82) is 0 Å². The van der Waals surface area contributed by atoms with Crippen molar-refractivity contribution in [2.24, 2.45) is 5.92 Å². The molecule has 154 valence electrons. The van der Waals surface area contributed by atoms with E-state index >= 15 is 0 Å². The molecule has 1 saturated heterocycles. The molecular formula is C23H26N6O. The molecule has 7 heteroatoms. The minimum atomic E-state index is 0.0608. The molecule has 1 aromatic carbocycles. The number of amides is 1. The van der Waals surface area contributed by atoms with Gasteiger partial charge in [0.2, 0.25) is 0 Å². The molecule has 2 aromatic heterocycles. The second-order valence-corrected chi connectivity index (χ2v) is 8.29. The van der Waals surface area contributed by atoms with E-state index in [1.54, 1.807) is 12.4 Å². The Morgan fingerprint density at radius 1 is 1.13 bits per heavy atom. The van der Waals surface area contributed by atoms with Gasteiger partial charge in [0, 0.05) is 18.3 Å². The molecule has 3 heterocycles.